The Hall–Kier alpha value is -1.39. The molecule has 0 spiro atoms. The van der Waals surface area contributed by atoms with Crippen molar-refractivity contribution >= 4 is 11.6 Å². The maximum atomic E-state index is 11.8. The molecule has 0 bridgehead atoms. The molecule has 1 unspecified atom stereocenters. The monoisotopic (exact) mass is 276 g/mol. The van der Waals surface area contributed by atoms with Crippen LogP contribution >= 0.6 is 0 Å². The number of anilines is 1. The summed E-state index contributed by atoms with van der Waals surface area (Å²) in [6.07, 6.45) is 2.66. The summed E-state index contributed by atoms with van der Waals surface area (Å²) in [7, 11) is 2.10. The highest BCUT2D eigenvalue weighted by Gasteiger charge is 2.19. The van der Waals surface area contributed by atoms with E-state index in [0.29, 0.717) is 6.42 Å². The summed E-state index contributed by atoms with van der Waals surface area (Å²) in [6.45, 7) is 4.72. The smallest absolute Gasteiger partial charge is 0.224 e. The zero-order chi connectivity index (χ0) is 14.4. The van der Waals surface area contributed by atoms with E-state index in [2.05, 4.69) is 30.3 Å². The predicted molar refractivity (Wildman–Crippen MR) is 80.8 cm³/mol. The standard InChI is InChI=1S/C16H24N2O2/c1-3-4-8-16(19)17-14-7-5-6-13(11-14)15-12-18(2)9-10-20-15/h5-7,11,15H,3-4,8-10,12H2,1-2H3,(H,17,19). The van der Waals surface area contributed by atoms with Crippen LogP contribution in [0.4, 0.5) is 5.69 Å². The van der Waals surface area contributed by atoms with Gasteiger partial charge in [-0.15, -0.1) is 0 Å². The molecule has 0 aliphatic carbocycles. The number of amides is 1. The minimum atomic E-state index is 0.0886. The van der Waals surface area contributed by atoms with Crippen LogP contribution < -0.4 is 5.32 Å². The summed E-state index contributed by atoms with van der Waals surface area (Å²) in [5.74, 6) is 0.0886. The van der Waals surface area contributed by atoms with E-state index in [9.17, 15) is 4.79 Å². The molecule has 1 amide bonds. The normalized spacial score (nSPS) is 19.8. The topological polar surface area (TPSA) is 41.6 Å². The van der Waals surface area contributed by atoms with E-state index >= 15 is 0 Å². The van der Waals surface area contributed by atoms with E-state index in [1.807, 2.05) is 18.2 Å². The SMILES string of the molecule is CCCCC(=O)Nc1cccc(C2CN(C)CCO2)c1. The van der Waals surface area contributed by atoms with Crippen LogP contribution in [0.3, 0.4) is 0 Å². The second-order valence-electron chi connectivity index (χ2n) is 5.40. The van der Waals surface area contributed by atoms with Crippen LogP contribution in [0.1, 0.15) is 37.9 Å². The van der Waals surface area contributed by atoms with E-state index < -0.39 is 0 Å². The number of carbonyl (C=O) groups is 1. The second-order valence-corrected chi connectivity index (χ2v) is 5.40. The van der Waals surface area contributed by atoms with Crippen molar-refractivity contribution in [1.82, 2.24) is 4.90 Å². The van der Waals surface area contributed by atoms with Crippen molar-refractivity contribution in [2.75, 3.05) is 32.1 Å². The molecule has 4 heteroatoms. The third-order valence-electron chi connectivity index (χ3n) is 3.57. The molecule has 1 saturated heterocycles. The van der Waals surface area contributed by atoms with Crippen LogP contribution in [0.15, 0.2) is 24.3 Å². The largest absolute Gasteiger partial charge is 0.371 e. The van der Waals surface area contributed by atoms with Crippen molar-refractivity contribution in [2.45, 2.75) is 32.3 Å². The lowest BCUT2D eigenvalue weighted by Gasteiger charge is -2.30. The van der Waals surface area contributed by atoms with Gasteiger partial charge in [0.25, 0.3) is 0 Å². The molecule has 1 atom stereocenters. The lowest BCUT2D eigenvalue weighted by atomic mass is 10.1. The van der Waals surface area contributed by atoms with Crippen LogP contribution in [0.2, 0.25) is 0 Å². The predicted octanol–water partition coefficient (Wildman–Crippen LogP) is 2.82. The maximum absolute atomic E-state index is 11.8. The molecule has 1 N–H and O–H groups in total. The Morgan fingerprint density at radius 2 is 2.35 bits per heavy atom. The van der Waals surface area contributed by atoms with Gasteiger partial charge >= 0.3 is 0 Å². The first-order valence-electron chi connectivity index (χ1n) is 7.39. The first kappa shape index (κ1) is 15.0. The Labute approximate surface area is 121 Å². The molecule has 110 valence electrons. The molecule has 20 heavy (non-hydrogen) atoms. The average Bonchev–Trinajstić information content (AvgIpc) is 2.45. The molecule has 1 heterocycles. The second kappa shape index (κ2) is 7.41. The summed E-state index contributed by atoms with van der Waals surface area (Å²) < 4.78 is 5.80. The highest BCUT2D eigenvalue weighted by Crippen LogP contribution is 2.24. The van der Waals surface area contributed by atoms with Crippen molar-refractivity contribution in [3.63, 3.8) is 0 Å². The zero-order valence-corrected chi connectivity index (χ0v) is 12.4. The van der Waals surface area contributed by atoms with Gasteiger partial charge in [-0.2, -0.15) is 0 Å². The van der Waals surface area contributed by atoms with Gasteiger partial charge < -0.3 is 15.0 Å². The van der Waals surface area contributed by atoms with Gasteiger partial charge in [-0.3, -0.25) is 4.79 Å². The number of hydrogen-bond acceptors (Lipinski definition) is 3. The molecular weight excluding hydrogens is 252 g/mol. The van der Waals surface area contributed by atoms with Gasteiger partial charge in [0.15, 0.2) is 0 Å². The molecule has 0 radical (unpaired) electrons. The summed E-state index contributed by atoms with van der Waals surface area (Å²) >= 11 is 0. The van der Waals surface area contributed by atoms with Crippen LogP contribution in [-0.4, -0.2) is 37.6 Å². The number of nitrogens with one attached hydrogen (secondary N) is 1. The van der Waals surface area contributed by atoms with E-state index in [1.54, 1.807) is 0 Å². The molecule has 1 aromatic carbocycles. The van der Waals surface area contributed by atoms with Gasteiger partial charge in [-0.1, -0.05) is 25.5 Å². The number of ether oxygens (including phenoxy) is 1. The molecule has 0 aromatic heterocycles. The number of nitrogens with zero attached hydrogens (tertiary/aromatic N) is 1. The minimum absolute atomic E-state index is 0.0886. The van der Waals surface area contributed by atoms with Gasteiger partial charge in [-0.25, -0.2) is 0 Å². The molecule has 0 saturated carbocycles. The van der Waals surface area contributed by atoms with Crippen LogP contribution in [0, 0.1) is 0 Å². The molecule has 4 nitrogen and oxygen atoms in total. The lowest BCUT2D eigenvalue weighted by Crippen LogP contribution is -2.35. The zero-order valence-electron chi connectivity index (χ0n) is 12.4. The van der Waals surface area contributed by atoms with Gasteiger partial charge in [0.1, 0.15) is 0 Å². The van der Waals surface area contributed by atoms with Crippen molar-refractivity contribution in [1.29, 1.82) is 0 Å². The number of benzene rings is 1. The summed E-state index contributed by atoms with van der Waals surface area (Å²) in [5.41, 5.74) is 1.99. The number of morpholine rings is 1. The first-order valence-corrected chi connectivity index (χ1v) is 7.39. The highest BCUT2D eigenvalue weighted by atomic mass is 16.5. The highest BCUT2D eigenvalue weighted by molar-refractivity contribution is 5.90. The minimum Gasteiger partial charge on any atom is -0.371 e. The summed E-state index contributed by atoms with van der Waals surface area (Å²) in [6, 6.07) is 7.99. The number of carbonyl (C=O) groups excluding carboxylic acids is 1. The maximum Gasteiger partial charge on any atom is 0.224 e. The van der Waals surface area contributed by atoms with Crippen molar-refractivity contribution in [3.8, 4) is 0 Å². The van der Waals surface area contributed by atoms with Gasteiger partial charge in [0.05, 0.1) is 12.7 Å². The molecule has 2 rings (SSSR count). The van der Waals surface area contributed by atoms with Gasteiger partial charge in [-0.05, 0) is 31.2 Å². The Morgan fingerprint density at radius 1 is 1.50 bits per heavy atom. The molecule has 1 fully saturated rings. The first-order chi connectivity index (χ1) is 9.69. The quantitative estimate of drug-likeness (QED) is 0.899. The van der Waals surface area contributed by atoms with Crippen LogP contribution in [0.25, 0.3) is 0 Å². The van der Waals surface area contributed by atoms with E-state index in [-0.39, 0.29) is 12.0 Å². The van der Waals surface area contributed by atoms with Gasteiger partial charge in [0.2, 0.25) is 5.91 Å². The van der Waals surface area contributed by atoms with Gasteiger partial charge in [0, 0.05) is 25.2 Å². The third kappa shape index (κ3) is 4.32. The fraction of sp³-hybridized carbons (Fsp3) is 0.562. The Balaban J connectivity index is 1.98. The number of unbranched alkanes of at least 4 members (excludes halogenated alkanes) is 1. The average molecular weight is 276 g/mol. The van der Waals surface area contributed by atoms with E-state index in [1.165, 1.54) is 0 Å². The Kier molecular flexibility index (Phi) is 5.56. The third-order valence-corrected chi connectivity index (χ3v) is 3.57. The Bertz CT molecular complexity index is 448. The Morgan fingerprint density at radius 3 is 3.10 bits per heavy atom. The molecule has 1 aliphatic heterocycles. The molecule has 1 aliphatic rings. The van der Waals surface area contributed by atoms with Crippen molar-refractivity contribution in [2.24, 2.45) is 0 Å². The number of likely N-dealkylation sites (N-methyl/N-ethyl adjacent to an activating group) is 1. The number of hydrogen-bond donors (Lipinski definition) is 1. The fourth-order valence-corrected chi connectivity index (χ4v) is 2.36. The summed E-state index contributed by atoms with van der Waals surface area (Å²) in [5, 5.41) is 2.96. The van der Waals surface area contributed by atoms with E-state index in [4.69, 9.17) is 4.74 Å². The fourth-order valence-electron chi connectivity index (χ4n) is 2.36. The lowest BCUT2D eigenvalue weighted by molar-refractivity contribution is -0.116. The van der Waals surface area contributed by atoms with Crippen LogP contribution in [0.5, 0.6) is 0 Å². The van der Waals surface area contributed by atoms with Crippen molar-refractivity contribution < 1.29 is 9.53 Å². The summed E-state index contributed by atoms with van der Waals surface area (Å²) in [4.78, 5) is 14.0. The van der Waals surface area contributed by atoms with Crippen LogP contribution in [-0.2, 0) is 9.53 Å². The number of rotatable bonds is 5. The molecule has 1 aromatic rings. The van der Waals surface area contributed by atoms with Crippen molar-refractivity contribution in [3.05, 3.63) is 29.8 Å². The van der Waals surface area contributed by atoms with E-state index in [0.717, 1.165) is 43.8 Å². The molecular formula is C16H24N2O2.